The summed E-state index contributed by atoms with van der Waals surface area (Å²) in [5, 5.41) is 0. The molecule has 0 bridgehead atoms. The Morgan fingerprint density at radius 3 is 2.44 bits per heavy atom. The maximum Gasteiger partial charge on any atom is 0.338 e. The van der Waals surface area contributed by atoms with Crippen LogP contribution in [0.25, 0.3) is 0 Å². The molecule has 0 saturated carbocycles. The molecule has 1 N–H and O–H groups in total. The highest BCUT2D eigenvalue weighted by molar-refractivity contribution is 7.89. The first kappa shape index (κ1) is 22.9. The normalized spacial score (nSPS) is 11.3. The number of esters is 1. The average molecular weight is 397 g/mol. The molecule has 0 unspecified atom stereocenters. The number of nitrogens with one attached hydrogen (secondary N) is 1. The fraction of sp³-hybridized carbons (Fsp3) is 0.474. The predicted octanol–water partition coefficient (Wildman–Crippen LogP) is 2.26. The number of nitrogens with zero attached hydrogens (tertiary/aromatic N) is 1. The van der Waals surface area contributed by atoms with Crippen LogP contribution in [-0.2, 0) is 19.6 Å². The van der Waals surface area contributed by atoms with E-state index in [4.69, 9.17) is 4.74 Å². The minimum absolute atomic E-state index is 0.0301. The number of carbonyl (C=O) groups is 2. The van der Waals surface area contributed by atoms with Crippen molar-refractivity contribution in [3.05, 3.63) is 41.5 Å². The Balaban J connectivity index is 2.93. The van der Waals surface area contributed by atoms with E-state index in [2.05, 4.69) is 11.3 Å². The van der Waals surface area contributed by atoms with Gasteiger partial charge >= 0.3 is 5.97 Å². The first-order valence-electron chi connectivity index (χ1n) is 8.70. The molecular formula is C19H28N2O5S. The summed E-state index contributed by atoms with van der Waals surface area (Å²) >= 11 is 0. The monoisotopic (exact) mass is 396 g/mol. The van der Waals surface area contributed by atoms with Gasteiger partial charge in [0.15, 0.2) is 6.61 Å². The standard InChI is InChI=1S/C19H28N2O5S/c1-7-21(11-13(2)3)18(22)12-26-19(23)17-10-16(9-8-15(17)6)27(24,25)20-14(4)5/h8-10,14,20H,2,7,11-12H2,1,3-6H3. The minimum atomic E-state index is -3.74. The summed E-state index contributed by atoms with van der Waals surface area (Å²) in [4.78, 5) is 26.1. The highest BCUT2D eigenvalue weighted by atomic mass is 32.2. The lowest BCUT2D eigenvalue weighted by molar-refractivity contribution is -0.133. The Bertz CT molecular complexity index is 815. The second kappa shape index (κ2) is 9.66. The van der Waals surface area contributed by atoms with Crippen LogP contribution in [0.3, 0.4) is 0 Å². The van der Waals surface area contributed by atoms with Crippen LogP contribution in [0.4, 0.5) is 0 Å². The van der Waals surface area contributed by atoms with Gasteiger partial charge in [0.2, 0.25) is 10.0 Å². The van der Waals surface area contributed by atoms with Crippen molar-refractivity contribution in [1.82, 2.24) is 9.62 Å². The number of aryl methyl sites for hydroxylation is 1. The van der Waals surface area contributed by atoms with E-state index in [-0.39, 0.29) is 22.4 Å². The molecule has 1 amide bonds. The molecule has 0 radical (unpaired) electrons. The molecule has 0 fully saturated rings. The predicted molar refractivity (Wildman–Crippen MR) is 104 cm³/mol. The Hall–Kier alpha value is -2.19. The number of carbonyl (C=O) groups excluding carboxylic acids is 2. The number of ether oxygens (including phenoxy) is 1. The maximum atomic E-state index is 12.4. The number of hydrogen-bond donors (Lipinski definition) is 1. The number of benzene rings is 1. The smallest absolute Gasteiger partial charge is 0.338 e. The lowest BCUT2D eigenvalue weighted by atomic mass is 10.1. The van der Waals surface area contributed by atoms with Crippen LogP contribution in [0.5, 0.6) is 0 Å². The summed E-state index contributed by atoms with van der Waals surface area (Å²) in [6.45, 7) is 12.9. The SMILES string of the molecule is C=C(C)CN(CC)C(=O)COC(=O)c1cc(S(=O)(=O)NC(C)C)ccc1C. The van der Waals surface area contributed by atoms with Gasteiger partial charge in [-0.05, 0) is 52.3 Å². The molecule has 0 atom stereocenters. The molecule has 0 aliphatic rings. The number of sulfonamides is 1. The average Bonchev–Trinajstić information content (AvgIpc) is 2.56. The number of rotatable bonds is 9. The molecule has 7 nitrogen and oxygen atoms in total. The number of amides is 1. The summed E-state index contributed by atoms with van der Waals surface area (Å²) in [7, 11) is -3.74. The summed E-state index contributed by atoms with van der Waals surface area (Å²) < 4.78 is 32.2. The van der Waals surface area contributed by atoms with E-state index in [9.17, 15) is 18.0 Å². The Morgan fingerprint density at radius 1 is 1.30 bits per heavy atom. The molecule has 1 rings (SSSR count). The van der Waals surface area contributed by atoms with E-state index >= 15 is 0 Å². The van der Waals surface area contributed by atoms with Crippen molar-refractivity contribution < 1.29 is 22.7 Å². The molecule has 27 heavy (non-hydrogen) atoms. The molecule has 0 heterocycles. The van der Waals surface area contributed by atoms with Crippen molar-refractivity contribution in [1.29, 1.82) is 0 Å². The first-order valence-corrected chi connectivity index (χ1v) is 10.2. The Labute approximate surface area is 161 Å². The van der Waals surface area contributed by atoms with Gasteiger partial charge in [-0.25, -0.2) is 17.9 Å². The largest absolute Gasteiger partial charge is 0.452 e. The van der Waals surface area contributed by atoms with Gasteiger partial charge in [0, 0.05) is 19.1 Å². The molecule has 0 aliphatic heterocycles. The summed E-state index contributed by atoms with van der Waals surface area (Å²) in [5.41, 5.74) is 1.49. The van der Waals surface area contributed by atoms with Crippen molar-refractivity contribution in [3.8, 4) is 0 Å². The van der Waals surface area contributed by atoms with Crippen LogP contribution in [0.1, 0.15) is 43.6 Å². The van der Waals surface area contributed by atoms with Crippen molar-refractivity contribution >= 4 is 21.9 Å². The topological polar surface area (TPSA) is 92.8 Å². The van der Waals surface area contributed by atoms with E-state index in [1.807, 2.05) is 13.8 Å². The first-order chi connectivity index (χ1) is 12.5. The van der Waals surface area contributed by atoms with Gasteiger partial charge in [-0.2, -0.15) is 0 Å². The zero-order valence-electron chi connectivity index (χ0n) is 16.5. The third-order valence-electron chi connectivity index (χ3n) is 3.65. The summed E-state index contributed by atoms with van der Waals surface area (Å²) in [6.07, 6.45) is 0. The van der Waals surface area contributed by atoms with Gasteiger partial charge in [-0.1, -0.05) is 18.2 Å². The summed E-state index contributed by atoms with van der Waals surface area (Å²) in [6, 6.07) is 3.94. The van der Waals surface area contributed by atoms with E-state index in [1.165, 1.54) is 23.1 Å². The molecule has 150 valence electrons. The molecule has 1 aromatic carbocycles. The van der Waals surface area contributed by atoms with Crippen molar-refractivity contribution in [3.63, 3.8) is 0 Å². The van der Waals surface area contributed by atoms with Crippen molar-refractivity contribution in [2.75, 3.05) is 19.7 Å². The van der Waals surface area contributed by atoms with Gasteiger partial charge in [0.25, 0.3) is 5.91 Å². The Kier molecular flexibility index (Phi) is 8.18. The molecule has 8 heteroatoms. The van der Waals surface area contributed by atoms with Gasteiger partial charge in [-0.15, -0.1) is 0 Å². The molecule has 0 aromatic heterocycles. The third-order valence-corrected chi connectivity index (χ3v) is 5.31. The highest BCUT2D eigenvalue weighted by Gasteiger charge is 2.21. The number of hydrogen-bond acceptors (Lipinski definition) is 5. The molecular weight excluding hydrogens is 368 g/mol. The molecule has 1 aromatic rings. The van der Waals surface area contributed by atoms with Crippen molar-refractivity contribution in [2.24, 2.45) is 0 Å². The van der Waals surface area contributed by atoms with Crippen LogP contribution in [0.15, 0.2) is 35.2 Å². The van der Waals surface area contributed by atoms with Gasteiger partial charge < -0.3 is 9.64 Å². The van der Waals surface area contributed by atoms with Crippen molar-refractivity contribution in [2.45, 2.75) is 45.6 Å². The fourth-order valence-electron chi connectivity index (χ4n) is 2.37. The van der Waals surface area contributed by atoms with E-state index in [1.54, 1.807) is 20.8 Å². The number of likely N-dealkylation sites (N-methyl/N-ethyl adjacent to an activating group) is 1. The highest BCUT2D eigenvalue weighted by Crippen LogP contribution is 2.17. The zero-order chi connectivity index (χ0) is 20.8. The molecule has 0 saturated heterocycles. The third kappa shape index (κ3) is 6.80. The maximum absolute atomic E-state index is 12.4. The van der Waals surface area contributed by atoms with Gasteiger partial charge in [-0.3, -0.25) is 4.79 Å². The van der Waals surface area contributed by atoms with Gasteiger partial charge in [0.05, 0.1) is 10.5 Å². The zero-order valence-corrected chi connectivity index (χ0v) is 17.4. The van der Waals surface area contributed by atoms with E-state index in [0.29, 0.717) is 18.7 Å². The summed E-state index contributed by atoms with van der Waals surface area (Å²) in [5.74, 6) is -1.08. The quantitative estimate of drug-likeness (QED) is 0.511. The lowest BCUT2D eigenvalue weighted by Crippen LogP contribution is -2.35. The van der Waals surface area contributed by atoms with Crippen LogP contribution < -0.4 is 4.72 Å². The van der Waals surface area contributed by atoms with E-state index < -0.39 is 22.6 Å². The molecule has 0 spiro atoms. The minimum Gasteiger partial charge on any atom is -0.452 e. The van der Waals surface area contributed by atoms with Gasteiger partial charge in [0.1, 0.15) is 0 Å². The van der Waals surface area contributed by atoms with Crippen LogP contribution in [0.2, 0.25) is 0 Å². The van der Waals surface area contributed by atoms with Crippen LogP contribution >= 0.6 is 0 Å². The Morgan fingerprint density at radius 2 is 1.93 bits per heavy atom. The molecule has 0 aliphatic carbocycles. The fourth-order valence-corrected chi connectivity index (χ4v) is 3.64. The van der Waals surface area contributed by atoms with Crippen LogP contribution in [0, 0.1) is 6.92 Å². The van der Waals surface area contributed by atoms with Crippen LogP contribution in [-0.4, -0.2) is 50.9 Å². The van der Waals surface area contributed by atoms with E-state index in [0.717, 1.165) is 5.57 Å². The second-order valence-corrected chi connectivity index (χ2v) is 8.41. The second-order valence-electron chi connectivity index (χ2n) is 6.69. The lowest BCUT2D eigenvalue weighted by Gasteiger charge is -2.20.